The number of rotatable bonds is 4. The van der Waals surface area contributed by atoms with Crippen LogP contribution in [-0.2, 0) is 13.6 Å². The number of benzene rings is 1. The van der Waals surface area contributed by atoms with E-state index in [1.807, 2.05) is 20.2 Å². The first-order valence-electron chi connectivity index (χ1n) is 6.72. The molecule has 0 bridgehead atoms. The zero-order chi connectivity index (χ0) is 15.6. The number of anilines is 2. The molecule has 0 saturated carbocycles. The summed E-state index contributed by atoms with van der Waals surface area (Å²) in [6, 6.07) is 5.26. The van der Waals surface area contributed by atoms with E-state index in [0.29, 0.717) is 17.8 Å². The van der Waals surface area contributed by atoms with Gasteiger partial charge in [-0.3, -0.25) is 9.48 Å². The topological polar surface area (TPSA) is 76.2 Å². The van der Waals surface area contributed by atoms with Crippen molar-refractivity contribution >= 4 is 17.3 Å². The third kappa shape index (κ3) is 3.34. The van der Waals surface area contributed by atoms with E-state index in [9.17, 15) is 4.79 Å². The highest BCUT2D eigenvalue weighted by Crippen LogP contribution is 2.21. The Labute approximate surface area is 124 Å². The summed E-state index contributed by atoms with van der Waals surface area (Å²) in [7, 11) is 5.35. The van der Waals surface area contributed by atoms with Crippen molar-refractivity contribution in [2.45, 2.75) is 13.5 Å². The van der Waals surface area contributed by atoms with Crippen LogP contribution in [0.5, 0.6) is 0 Å². The maximum absolute atomic E-state index is 12.2. The van der Waals surface area contributed by atoms with Crippen molar-refractivity contribution in [1.82, 2.24) is 14.7 Å². The quantitative estimate of drug-likeness (QED) is 0.838. The van der Waals surface area contributed by atoms with E-state index in [1.54, 1.807) is 41.9 Å². The van der Waals surface area contributed by atoms with E-state index in [1.165, 1.54) is 0 Å². The van der Waals surface area contributed by atoms with Crippen molar-refractivity contribution < 1.29 is 4.79 Å². The third-order valence-corrected chi connectivity index (χ3v) is 3.26. The molecule has 0 radical (unpaired) electrons. The van der Waals surface area contributed by atoms with Crippen LogP contribution >= 0.6 is 0 Å². The number of aryl methyl sites for hydroxylation is 2. The Morgan fingerprint density at radius 2 is 2.14 bits per heavy atom. The first-order chi connectivity index (χ1) is 9.88. The molecule has 6 nitrogen and oxygen atoms in total. The Hall–Kier alpha value is -2.50. The molecule has 0 aliphatic rings. The summed E-state index contributed by atoms with van der Waals surface area (Å²) in [5.74, 6) is -0.0552. The lowest BCUT2D eigenvalue weighted by Gasteiger charge is -2.16. The highest BCUT2D eigenvalue weighted by molar-refractivity contribution is 5.99. The monoisotopic (exact) mass is 287 g/mol. The summed E-state index contributed by atoms with van der Waals surface area (Å²) in [5, 5.41) is 7.58. The van der Waals surface area contributed by atoms with Gasteiger partial charge in [-0.2, -0.15) is 5.10 Å². The van der Waals surface area contributed by atoms with Crippen LogP contribution in [0, 0.1) is 6.92 Å². The highest BCUT2D eigenvalue weighted by Gasteiger charge is 2.14. The molecule has 0 unspecified atom stereocenters. The van der Waals surface area contributed by atoms with Crippen LogP contribution in [0.25, 0.3) is 0 Å². The van der Waals surface area contributed by atoms with Crippen molar-refractivity contribution in [2.75, 3.05) is 25.1 Å². The number of nitrogens with two attached hydrogens (primary N) is 1. The second kappa shape index (κ2) is 5.87. The molecule has 2 rings (SSSR count). The fraction of sp³-hybridized carbons (Fsp3) is 0.333. The van der Waals surface area contributed by atoms with Crippen molar-refractivity contribution in [1.29, 1.82) is 0 Å². The molecule has 0 fully saturated rings. The Morgan fingerprint density at radius 3 is 2.71 bits per heavy atom. The molecule has 0 saturated heterocycles. The van der Waals surface area contributed by atoms with Gasteiger partial charge in [-0.05, 0) is 25.1 Å². The van der Waals surface area contributed by atoms with E-state index in [0.717, 1.165) is 16.9 Å². The minimum Gasteiger partial charge on any atom is -0.399 e. The molecule has 21 heavy (non-hydrogen) atoms. The van der Waals surface area contributed by atoms with E-state index < -0.39 is 0 Å². The molecule has 112 valence electrons. The van der Waals surface area contributed by atoms with Gasteiger partial charge < -0.3 is 16.0 Å². The van der Waals surface area contributed by atoms with Crippen molar-refractivity contribution in [2.24, 2.45) is 7.05 Å². The molecule has 1 amide bonds. The molecule has 3 N–H and O–H groups in total. The van der Waals surface area contributed by atoms with Crippen LogP contribution in [0.1, 0.15) is 21.6 Å². The smallest absolute Gasteiger partial charge is 0.255 e. The maximum atomic E-state index is 12.2. The number of aromatic nitrogens is 2. The summed E-state index contributed by atoms with van der Waals surface area (Å²) in [6.45, 7) is 2.55. The molecule has 0 aliphatic carbocycles. The predicted molar refractivity (Wildman–Crippen MR) is 84.1 cm³/mol. The fourth-order valence-corrected chi connectivity index (χ4v) is 2.15. The van der Waals surface area contributed by atoms with E-state index in [4.69, 9.17) is 5.73 Å². The number of hydrogen-bond acceptors (Lipinski definition) is 4. The summed E-state index contributed by atoms with van der Waals surface area (Å²) >= 11 is 0. The largest absolute Gasteiger partial charge is 0.399 e. The van der Waals surface area contributed by atoms with Crippen molar-refractivity contribution in [3.63, 3.8) is 0 Å². The lowest BCUT2D eigenvalue weighted by molar-refractivity contribution is 0.0828. The minimum atomic E-state index is -0.0552. The standard InChI is InChI=1S/C15H21N5O/c1-10-11(9-20(4)18-10)8-17-14-7-12(16)5-6-13(14)15(21)19(2)3/h5-7,9,17H,8,16H2,1-4H3. The molecule has 1 aromatic heterocycles. The first-order valence-corrected chi connectivity index (χ1v) is 6.72. The minimum absolute atomic E-state index is 0.0552. The lowest BCUT2D eigenvalue weighted by atomic mass is 10.1. The van der Waals surface area contributed by atoms with Gasteiger partial charge in [0.15, 0.2) is 0 Å². The second-order valence-electron chi connectivity index (χ2n) is 5.27. The van der Waals surface area contributed by atoms with Gasteiger partial charge in [-0.25, -0.2) is 0 Å². The Morgan fingerprint density at radius 1 is 1.43 bits per heavy atom. The predicted octanol–water partition coefficient (Wildman–Crippen LogP) is 1.62. The van der Waals surface area contributed by atoms with Gasteiger partial charge >= 0.3 is 0 Å². The SMILES string of the molecule is Cc1nn(C)cc1CNc1cc(N)ccc1C(=O)N(C)C. The molecule has 0 spiro atoms. The molecular weight excluding hydrogens is 266 g/mol. The zero-order valence-corrected chi connectivity index (χ0v) is 12.8. The van der Waals surface area contributed by atoms with Gasteiger partial charge in [0.1, 0.15) is 0 Å². The summed E-state index contributed by atoms with van der Waals surface area (Å²) < 4.78 is 1.78. The van der Waals surface area contributed by atoms with Gasteiger partial charge in [0, 0.05) is 50.8 Å². The summed E-state index contributed by atoms with van der Waals surface area (Å²) in [4.78, 5) is 13.7. The fourth-order valence-electron chi connectivity index (χ4n) is 2.15. The normalized spacial score (nSPS) is 10.5. The Balaban J connectivity index is 2.24. The van der Waals surface area contributed by atoms with E-state index in [-0.39, 0.29) is 5.91 Å². The van der Waals surface area contributed by atoms with Crippen LogP contribution < -0.4 is 11.1 Å². The van der Waals surface area contributed by atoms with Gasteiger partial charge in [0.2, 0.25) is 0 Å². The van der Waals surface area contributed by atoms with Gasteiger partial charge in [-0.15, -0.1) is 0 Å². The van der Waals surface area contributed by atoms with Gasteiger partial charge in [0.05, 0.1) is 11.3 Å². The van der Waals surface area contributed by atoms with Gasteiger partial charge in [0.25, 0.3) is 5.91 Å². The number of hydrogen-bond donors (Lipinski definition) is 2. The van der Waals surface area contributed by atoms with E-state index in [2.05, 4.69) is 10.4 Å². The number of nitrogens with one attached hydrogen (secondary N) is 1. The molecule has 1 aromatic carbocycles. The number of carbonyl (C=O) groups excluding carboxylic acids is 1. The van der Waals surface area contributed by atoms with Crippen LogP contribution in [0.2, 0.25) is 0 Å². The number of amides is 1. The zero-order valence-electron chi connectivity index (χ0n) is 12.8. The highest BCUT2D eigenvalue weighted by atomic mass is 16.2. The van der Waals surface area contributed by atoms with Crippen molar-refractivity contribution in [3.8, 4) is 0 Å². The van der Waals surface area contributed by atoms with Crippen molar-refractivity contribution in [3.05, 3.63) is 41.2 Å². The molecule has 2 aromatic rings. The van der Waals surface area contributed by atoms with Gasteiger partial charge in [-0.1, -0.05) is 0 Å². The van der Waals surface area contributed by atoms with Crippen LogP contribution in [0.4, 0.5) is 11.4 Å². The Kier molecular flexibility index (Phi) is 4.16. The Bertz CT molecular complexity index is 660. The molecular formula is C15H21N5O. The average molecular weight is 287 g/mol. The number of nitrogen functional groups attached to an aromatic ring is 1. The van der Waals surface area contributed by atoms with Crippen LogP contribution in [0.3, 0.4) is 0 Å². The summed E-state index contributed by atoms with van der Waals surface area (Å²) in [6.07, 6.45) is 1.96. The molecule has 6 heteroatoms. The van der Waals surface area contributed by atoms with Crippen LogP contribution in [-0.4, -0.2) is 34.7 Å². The van der Waals surface area contributed by atoms with E-state index >= 15 is 0 Å². The maximum Gasteiger partial charge on any atom is 0.255 e. The second-order valence-corrected chi connectivity index (χ2v) is 5.27. The number of carbonyl (C=O) groups is 1. The lowest BCUT2D eigenvalue weighted by Crippen LogP contribution is -2.23. The van der Waals surface area contributed by atoms with Crippen LogP contribution in [0.15, 0.2) is 24.4 Å². The third-order valence-electron chi connectivity index (χ3n) is 3.26. The first kappa shape index (κ1) is 14.9. The summed E-state index contributed by atoms with van der Waals surface area (Å²) in [5.41, 5.74) is 9.84. The number of nitrogens with zero attached hydrogens (tertiary/aromatic N) is 3. The average Bonchev–Trinajstić information content (AvgIpc) is 2.74. The molecule has 0 atom stereocenters. The molecule has 0 aliphatic heterocycles. The molecule has 1 heterocycles.